The van der Waals surface area contributed by atoms with E-state index in [0.717, 1.165) is 31.5 Å². The van der Waals surface area contributed by atoms with E-state index < -0.39 is 0 Å². The van der Waals surface area contributed by atoms with E-state index in [2.05, 4.69) is 10.6 Å². The van der Waals surface area contributed by atoms with Gasteiger partial charge < -0.3 is 15.4 Å². The molecule has 0 bridgehead atoms. The molecule has 2 atom stereocenters. The van der Waals surface area contributed by atoms with Crippen molar-refractivity contribution in [1.29, 1.82) is 0 Å². The molecule has 1 aliphatic heterocycles. The minimum Gasteiger partial charge on any atom is -0.378 e. The molecular formula is C15H21ClN2O2. The van der Waals surface area contributed by atoms with Crippen molar-refractivity contribution in [3.8, 4) is 0 Å². The standard InChI is InChI=1S/C15H20N2O2.ClH/c1-19-13-10-16-9-12(13)17-14(18)15(7-8-15)11-5-3-2-4-6-11;/h2-6,12-13,16H,7-10H2,1H3,(H,17,18);1H/t12?,13-;/m0./s1. The van der Waals surface area contributed by atoms with Crippen molar-refractivity contribution >= 4 is 18.3 Å². The number of hydrogen-bond donors (Lipinski definition) is 2. The molecule has 1 saturated heterocycles. The number of carbonyl (C=O) groups is 1. The molecule has 1 aromatic carbocycles. The summed E-state index contributed by atoms with van der Waals surface area (Å²) in [6, 6.07) is 10.2. The van der Waals surface area contributed by atoms with Crippen LogP contribution in [0.15, 0.2) is 30.3 Å². The lowest BCUT2D eigenvalue weighted by atomic mass is 9.94. The molecule has 2 fully saturated rings. The molecule has 1 saturated carbocycles. The van der Waals surface area contributed by atoms with Gasteiger partial charge in [-0.15, -0.1) is 12.4 Å². The Balaban J connectivity index is 0.00000147. The van der Waals surface area contributed by atoms with Gasteiger partial charge in [-0.25, -0.2) is 0 Å². The molecule has 20 heavy (non-hydrogen) atoms. The van der Waals surface area contributed by atoms with Crippen LogP contribution in [0.25, 0.3) is 0 Å². The predicted octanol–water partition coefficient (Wildman–Crippen LogP) is 1.24. The Hall–Kier alpha value is -1.10. The quantitative estimate of drug-likeness (QED) is 0.879. The number of hydrogen-bond acceptors (Lipinski definition) is 3. The van der Waals surface area contributed by atoms with Gasteiger partial charge in [-0.2, -0.15) is 0 Å². The average molecular weight is 297 g/mol. The van der Waals surface area contributed by atoms with Gasteiger partial charge >= 0.3 is 0 Å². The third kappa shape index (κ3) is 2.68. The molecule has 3 rings (SSSR count). The Labute approximate surface area is 125 Å². The largest absolute Gasteiger partial charge is 0.378 e. The van der Waals surface area contributed by atoms with Crippen molar-refractivity contribution in [2.45, 2.75) is 30.4 Å². The summed E-state index contributed by atoms with van der Waals surface area (Å²) in [5.41, 5.74) is 0.842. The second-order valence-electron chi connectivity index (χ2n) is 5.46. The highest BCUT2D eigenvalue weighted by Crippen LogP contribution is 2.48. The fourth-order valence-electron chi connectivity index (χ4n) is 2.88. The Bertz CT molecular complexity index is 462. The molecule has 0 aromatic heterocycles. The number of rotatable bonds is 4. The first-order valence-electron chi connectivity index (χ1n) is 6.86. The van der Waals surface area contributed by atoms with Gasteiger partial charge in [0.1, 0.15) is 0 Å². The van der Waals surface area contributed by atoms with E-state index in [4.69, 9.17) is 4.74 Å². The van der Waals surface area contributed by atoms with E-state index in [1.54, 1.807) is 7.11 Å². The molecule has 1 aromatic rings. The van der Waals surface area contributed by atoms with Gasteiger partial charge in [0, 0.05) is 20.2 Å². The molecule has 0 spiro atoms. The zero-order chi connectivity index (χ0) is 13.3. The molecule has 110 valence electrons. The summed E-state index contributed by atoms with van der Waals surface area (Å²) >= 11 is 0. The van der Waals surface area contributed by atoms with Crippen LogP contribution in [0.5, 0.6) is 0 Å². The maximum absolute atomic E-state index is 12.6. The van der Waals surface area contributed by atoms with Crippen molar-refractivity contribution < 1.29 is 9.53 Å². The highest BCUT2D eigenvalue weighted by molar-refractivity contribution is 5.91. The van der Waals surface area contributed by atoms with Crippen LogP contribution in [0, 0.1) is 0 Å². The minimum absolute atomic E-state index is 0. The van der Waals surface area contributed by atoms with E-state index in [1.807, 2.05) is 30.3 Å². The van der Waals surface area contributed by atoms with Gasteiger partial charge in [-0.1, -0.05) is 30.3 Å². The van der Waals surface area contributed by atoms with Crippen LogP contribution in [0.1, 0.15) is 18.4 Å². The predicted molar refractivity (Wildman–Crippen MR) is 80.2 cm³/mol. The Morgan fingerprint density at radius 1 is 1.30 bits per heavy atom. The molecule has 5 heteroatoms. The van der Waals surface area contributed by atoms with E-state index in [-0.39, 0.29) is 35.9 Å². The van der Waals surface area contributed by atoms with E-state index in [9.17, 15) is 4.79 Å². The van der Waals surface area contributed by atoms with Crippen molar-refractivity contribution in [2.24, 2.45) is 0 Å². The zero-order valence-electron chi connectivity index (χ0n) is 11.6. The highest BCUT2D eigenvalue weighted by atomic mass is 35.5. The van der Waals surface area contributed by atoms with Crippen LogP contribution in [0.3, 0.4) is 0 Å². The fourth-order valence-corrected chi connectivity index (χ4v) is 2.88. The Morgan fingerprint density at radius 3 is 2.60 bits per heavy atom. The van der Waals surface area contributed by atoms with Crippen molar-refractivity contribution in [2.75, 3.05) is 20.2 Å². The second kappa shape index (κ2) is 6.12. The maximum atomic E-state index is 12.6. The van der Waals surface area contributed by atoms with Gasteiger partial charge in [0.25, 0.3) is 0 Å². The SMILES string of the molecule is CO[C@H]1CNCC1NC(=O)C1(c2ccccc2)CC1.Cl. The van der Waals surface area contributed by atoms with Crippen LogP contribution in [-0.4, -0.2) is 38.3 Å². The lowest BCUT2D eigenvalue weighted by molar-refractivity contribution is -0.124. The number of benzene rings is 1. The zero-order valence-corrected chi connectivity index (χ0v) is 12.4. The smallest absolute Gasteiger partial charge is 0.231 e. The molecule has 0 radical (unpaired) electrons. The van der Waals surface area contributed by atoms with Gasteiger partial charge in [-0.3, -0.25) is 4.79 Å². The topological polar surface area (TPSA) is 50.4 Å². The molecule has 2 aliphatic rings. The normalized spacial score (nSPS) is 26.6. The van der Waals surface area contributed by atoms with Crippen LogP contribution >= 0.6 is 12.4 Å². The third-order valence-corrected chi connectivity index (χ3v) is 4.29. The lowest BCUT2D eigenvalue weighted by Crippen LogP contribution is -2.47. The summed E-state index contributed by atoms with van der Waals surface area (Å²) in [5, 5.41) is 6.41. The summed E-state index contributed by atoms with van der Waals surface area (Å²) < 4.78 is 5.39. The lowest BCUT2D eigenvalue weighted by Gasteiger charge is -2.22. The molecule has 2 N–H and O–H groups in total. The van der Waals surface area contributed by atoms with Crippen LogP contribution in [-0.2, 0) is 14.9 Å². The number of ether oxygens (including phenoxy) is 1. The number of nitrogens with one attached hydrogen (secondary N) is 2. The Kier molecular flexibility index (Phi) is 4.68. The summed E-state index contributed by atoms with van der Waals surface area (Å²) in [6.07, 6.45) is 1.97. The number of methoxy groups -OCH3 is 1. The highest BCUT2D eigenvalue weighted by Gasteiger charge is 2.52. The maximum Gasteiger partial charge on any atom is 0.231 e. The van der Waals surface area contributed by atoms with Crippen LogP contribution in [0.2, 0.25) is 0 Å². The molecule has 1 unspecified atom stereocenters. The first-order valence-corrected chi connectivity index (χ1v) is 6.86. The molecule has 1 aliphatic carbocycles. The summed E-state index contributed by atoms with van der Waals surface area (Å²) in [4.78, 5) is 12.6. The van der Waals surface area contributed by atoms with Crippen molar-refractivity contribution in [3.63, 3.8) is 0 Å². The summed E-state index contributed by atoms with van der Waals surface area (Å²) in [5.74, 6) is 0.148. The van der Waals surface area contributed by atoms with Crippen LogP contribution < -0.4 is 10.6 Å². The first kappa shape index (κ1) is 15.3. The monoisotopic (exact) mass is 296 g/mol. The fraction of sp³-hybridized carbons (Fsp3) is 0.533. The second-order valence-corrected chi connectivity index (χ2v) is 5.46. The van der Waals surface area contributed by atoms with E-state index >= 15 is 0 Å². The molecule has 4 nitrogen and oxygen atoms in total. The number of carbonyl (C=O) groups excluding carboxylic acids is 1. The van der Waals surface area contributed by atoms with Gasteiger partial charge in [0.15, 0.2) is 0 Å². The minimum atomic E-state index is -0.290. The van der Waals surface area contributed by atoms with Crippen LogP contribution in [0.4, 0.5) is 0 Å². The molecule has 1 heterocycles. The van der Waals surface area contributed by atoms with Crippen molar-refractivity contribution in [1.82, 2.24) is 10.6 Å². The van der Waals surface area contributed by atoms with Gasteiger partial charge in [-0.05, 0) is 18.4 Å². The Morgan fingerprint density at radius 2 is 2.00 bits per heavy atom. The van der Waals surface area contributed by atoms with Crippen molar-refractivity contribution in [3.05, 3.63) is 35.9 Å². The summed E-state index contributed by atoms with van der Waals surface area (Å²) in [7, 11) is 1.70. The third-order valence-electron chi connectivity index (χ3n) is 4.29. The first-order chi connectivity index (χ1) is 9.26. The van der Waals surface area contributed by atoms with Gasteiger partial charge in [0.05, 0.1) is 17.6 Å². The summed E-state index contributed by atoms with van der Waals surface area (Å²) in [6.45, 7) is 1.59. The van der Waals surface area contributed by atoms with E-state index in [1.165, 1.54) is 0 Å². The molecular weight excluding hydrogens is 276 g/mol. The van der Waals surface area contributed by atoms with E-state index in [0.29, 0.717) is 0 Å². The number of halogens is 1. The molecule has 1 amide bonds. The number of amides is 1. The average Bonchev–Trinajstić information content (AvgIpc) is 3.15. The van der Waals surface area contributed by atoms with Gasteiger partial charge in [0.2, 0.25) is 5.91 Å².